The van der Waals surface area contributed by atoms with Crippen LogP contribution in [0.25, 0.3) is 0 Å². The summed E-state index contributed by atoms with van der Waals surface area (Å²) in [6.07, 6.45) is 2.36. The maximum atomic E-state index is 10.8. The highest BCUT2D eigenvalue weighted by Gasteiger charge is 2.26. The summed E-state index contributed by atoms with van der Waals surface area (Å²) in [4.78, 5) is 0. The lowest BCUT2D eigenvalue weighted by molar-refractivity contribution is 0.534. The van der Waals surface area contributed by atoms with Gasteiger partial charge in [0.1, 0.15) is 0 Å². The van der Waals surface area contributed by atoms with Crippen LogP contribution in [0, 0.1) is 0 Å². The van der Waals surface area contributed by atoms with Gasteiger partial charge in [-0.3, -0.25) is 4.55 Å². The topological polar surface area (TPSA) is 71.4 Å². The lowest BCUT2D eigenvalue weighted by atomic mass is 11.9. The zero-order chi connectivity index (χ0) is 7.95. The Morgan fingerprint density at radius 3 is 1.44 bits per heavy atom. The second-order valence-electron chi connectivity index (χ2n) is 2.36. The van der Waals surface area contributed by atoms with Crippen LogP contribution < -0.4 is 0 Å². The average Bonchev–Trinajstić information content (AvgIpc) is 1.20. The van der Waals surface area contributed by atoms with Crippen LogP contribution in [-0.4, -0.2) is 35.9 Å². The van der Waals surface area contributed by atoms with Crippen molar-refractivity contribution in [2.24, 2.45) is 0 Å². The number of hydrogen-bond donors (Lipinski definition) is 1. The van der Waals surface area contributed by atoms with Gasteiger partial charge in [0.2, 0.25) is 8.87 Å². The van der Waals surface area contributed by atoms with Gasteiger partial charge in [-0.25, -0.2) is 8.42 Å². The fourth-order valence-corrected chi connectivity index (χ4v) is 0. The first-order valence-corrected chi connectivity index (χ1v) is 7.22. The molecule has 0 bridgehead atoms. The Balaban J connectivity index is 5.35. The first-order chi connectivity index (χ1) is 3.51. The van der Waals surface area contributed by atoms with E-state index in [1.807, 2.05) is 0 Å². The first-order valence-electron chi connectivity index (χ1n) is 2.07. The predicted octanol–water partition coefficient (Wildman–Crippen LogP) is -0.501. The molecule has 0 saturated carbocycles. The van der Waals surface area contributed by atoms with Gasteiger partial charge in [-0.05, 0) is 0 Å². The molecule has 0 saturated heterocycles. The Morgan fingerprint density at radius 1 is 1.33 bits per heavy atom. The molecule has 58 valence electrons. The van der Waals surface area contributed by atoms with Crippen molar-refractivity contribution in [3.63, 3.8) is 0 Å². The molecule has 6 heteroatoms. The van der Waals surface area contributed by atoms with E-state index in [0.717, 1.165) is 18.8 Å². The van der Waals surface area contributed by atoms with Crippen LogP contribution in [0.4, 0.5) is 0 Å². The van der Waals surface area contributed by atoms with E-state index in [0.29, 0.717) is 0 Å². The van der Waals surface area contributed by atoms with Crippen LogP contribution in [-0.2, 0) is 17.2 Å². The monoisotopic (exact) mass is 174 g/mol. The lowest BCUT2D eigenvalue weighted by Crippen LogP contribution is -2.36. The molecule has 0 rings (SSSR count). The summed E-state index contributed by atoms with van der Waals surface area (Å²) in [6, 6.07) is 0. The van der Waals surface area contributed by atoms with Gasteiger partial charge < -0.3 is 0 Å². The zero-order valence-electron chi connectivity index (χ0n) is 5.49. The molecular weight excluding hydrogens is 164 g/mol. The molecule has 0 atom stereocenters. The van der Waals surface area contributed by atoms with E-state index < -0.39 is 17.2 Å². The highest BCUT2D eigenvalue weighted by atomic mass is 33.2. The SMILES string of the molecule is CS(=O)(=O)S(C)(C)(=O)O. The van der Waals surface area contributed by atoms with Crippen molar-refractivity contribution < 1.29 is 17.2 Å². The van der Waals surface area contributed by atoms with Crippen LogP contribution >= 0.6 is 0 Å². The van der Waals surface area contributed by atoms with Gasteiger partial charge in [-0.1, -0.05) is 0 Å². The highest BCUT2D eigenvalue weighted by Crippen LogP contribution is 2.18. The average molecular weight is 174 g/mol. The zero-order valence-corrected chi connectivity index (χ0v) is 7.12. The maximum Gasteiger partial charge on any atom is 0.240 e. The smallest absolute Gasteiger partial charge is 0.240 e. The molecule has 4 nitrogen and oxygen atoms in total. The molecule has 1 N–H and O–H groups in total. The quantitative estimate of drug-likeness (QED) is 0.544. The largest absolute Gasteiger partial charge is 0.291 e. The first kappa shape index (κ1) is 9.06. The molecule has 0 amide bonds. The van der Waals surface area contributed by atoms with Gasteiger partial charge in [-0.2, -0.15) is 4.21 Å². The minimum absolute atomic E-state index is 0.738. The van der Waals surface area contributed by atoms with E-state index in [1.54, 1.807) is 0 Å². The summed E-state index contributed by atoms with van der Waals surface area (Å²) in [5.74, 6) is 0. The summed E-state index contributed by atoms with van der Waals surface area (Å²) >= 11 is 0. The summed E-state index contributed by atoms with van der Waals surface area (Å²) < 4.78 is 40.5. The van der Waals surface area contributed by atoms with Crippen molar-refractivity contribution in [2.45, 2.75) is 0 Å². The second-order valence-corrected chi connectivity index (χ2v) is 11.8. The van der Waals surface area contributed by atoms with Gasteiger partial charge in [0.05, 0.1) is 6.26 Å². The lowest BCUT2D eigenvalue weighted by Gasteiger charge is -2.30. The Kier molecular flexibility index (Phi) is 1.57. The predicted molar refractivity (Wildman–Crippen MR) is 37.5 cm³/mol. The molecule has 0 aliphatic heterocycles. The maximum absolute atomic E-state index is 10.8. The third-order valence-electron chi connectivity index (χ3n) is 0.864. The molecule has 0 unspecified atom stereocenters. The summed E-state index contributed by atoms with van der Waals surface area (Å²) in [5.41, 5.74) is 0. The van der Waals surface area contributed by atoms with Gasteiger partial charge in [-0.15, -0.1) is 8.38 Å². The molecule has 0 radical (unpaired) electrons. The number of hydrogen-bond acceptors (Lipinski definition) is 3. The molecule has 0 fully saturated rings. The molecule has 0 spiro atoms. The molecule has 9 heavy (non-hydrogen) atoms. The molecule has 0 aromatic carbocycles. The van der Waals surface area contributed by atoms with Gasteiger partial charge >= 0.3 is 0 Å². The Morgan fingerprint density at radius 2 is 1.44 bits per heavy atom. The molecular formula is C3H10O4S2. The van der Waals surface area contributed by atoms with E-state index in [-0.39, 0.29) is 0 Å². The van der Waals surface area contributed by atoms with E-state index in [2.05, 4.69) is 0 Å². The number of rotatable bonds is 1. The third-order valence-corrected chi connectivity index (χ3v) is 7.78. The fourth-order valence-electron chi connectivity index (χ4n) is 0. The van der Waals surface area contributed by atoms with Gasteiger partial charge in [0, 0.05) is 12.5 Å². The third kappa shape index (κ3) is 2.04. The van der Waals surface area contributed by atoms with Gasteiger partial charge in [0.25, 0.3) is 0 Å². The Bertz CT molecular complexity index is 255. The highest BCUT2D eigenvalue weighted by molar-refractivity contribution is 8.78. The summed E-state index contributed by atoms with van der Waals surface area (Å²) in [6.45, 7) is 0. The fraction of sp³-hybridized carbons (Fsp3) is 1.00. The van der Waals surface area contributed by atoms with Gasteiger partial charge in [0.15, 0.2) is 0 Å². The Labute approximate surface area is 53.8 Å². The van der Waals surface area contributed by atoms with Crippen molar-refractivity contribution in [3.8, 4) is 0 Å². The van der Waals surface area contributed by atoms with Crippen molar-refractivity contribution in [3.05, 3.63) is 0 Å². The van der Waals surface area contributed by atoms with Crippen molar-refractivity contribution in [1.29, 1.82) is 0 Å². The van der Waals surface area contributed by atoms with Crippen molar-refractivity contribution in [2.75, 3.05) is 18.8 Å². The minimum atomic E-state index is -4.36. The molecule has 0 heterocycles. The minimum Gasteiger partial charge on any atom is -0.291 e. The van der Waals surface area contributed by atoms with E-state index in [1.165, 1.54) is 0 Å². The summed E-state index contributed by atoms with van der Waals surface area (Å²) in [7, 11) is -8.19. The second kappa shape index (κ2) is 1.56. The van der Waals surface area contributed by atoms with Crippen LogP contribution in [0.3, 0.4) is 0 Å². The van der Waals surface area contributed by atoms with Crippen LogP contribution in [0.15, 0.2) is 0 Å². The molecule has 0 aromatic heterocycles. The van der Waals surface area contributed by atoms with Crippen LogP contribution in [0.2, 0.25) is 0 Å². The Hall–Kier alpha value is 0.0600. The molecule has 0 aliphatic rings. The van der Waals surface area contributed by atoms with Crippen molar-refractivity contribution >= 4 is 17.2 Å². The summed E-state index contributed by atoms with van der Waals surface area (Å²) in [5, 5.41) is 0. The molecule has 0 aliphatic carbocycles. The standard InChI is InChI=1S/C3H10O4S2/c1-8(4,5)9(2,3,6)7/h1-3H3,(H,6,7). The molecule has 0 aromatic rings. The van der Waals surface area contributed by atoms with Crippen LogP contribution in [0.5, 0.6) is 0 Å². The normalized spacial score (nSPS) is 18.4. The van der Waals surface area contributed by atoms with E-state index >= 15 is 0 Å². The van der Waals surface area contributed by atoms with Crippen LogP contribution in [0.1, 0.15) is 0 Å². The van der Waals surface area contributed by atoms with E-state index in [4.69, 9.17) is 4.55 Å². The van der Waals surface area contributed by atoms with Crippen molar-refractivity contribution in [1.82, 2.24) is 0 Å². The van der Waals surface area contributed by atoms with E-state index in [9.17, 15) is 12.6 Å².